The molecule has 0 aliphatic carbocycles. The van der Waals surface area contributed by atoms with Gasteiger partial charge in [-0.25, -0.2) is 8.42 Å². The minimum Gasteiger partial charge on any atom is -0.543 e. The van der Waals surface area contributed by atoms with Gasteiger partial charge in [0.05, 0.1) is 24.0 Å². The zero-order chi connectivity index (χ0) is 20.8. The second kappa shape index (κ2) is 8.42. The number of carbonyl (C=O) groups is 3. The van der Waals surface area contributed by atoms with E-state index in [1.54, 1.807) is 0 Å². The molecule has 0 spiro atoms. The number of carbonyl (C=O) groups excluding carboxylic acids is 3. The molecule has 0 saturated carbocycles. The fourth-order valence-electron chi connectivity index (χ4n) is 3.21. The van der Waals surface area contributed by atoms with Gasteiger partial charge in [-0.15, -0.1) is 0 Å². The summed E-state index contributed by atoms with van der Waals surface area (Å²) >= 11 is 0. The molecular formula is C16H16N3NaO8S. The van der Waals surface area contributed by atoms with E-state index < -0.39 is 63.1 Å². The maximum Gasteiger partial charge on any atom is 1.00 e. The van der Waals surface area contributed by atoms with E-state index in [-0.39, 0.29) is 40.9 Å². The second-order valence-electron chi connectivity index (χ2n) is 6.36. The van der Waals surface area contributed by atoms with E-state index in [0.717, 1.165) is 0 Å². The minimum atomic E-state index is -4.07. The first kappa shape index (κ1) is 23.3. The van der Waals surface area contributed by atoms with Crippen molar-refractivity contribution in [1.29, 1.82) is 0 Å². The van der Waals surface area contributed by atoms with Gasteiger partial charge in [-0.2, -0.15) is 0 Å². The maximum atomic E-state index is 12.4. The van der Waals surface area contributed by atoms with E-state index in [0.29, 0.717) is 10.5 Å². The van der Waals surface area contributed by atoms with Gasteiger partial charge in [-0.1, -0.05) is 12.1 Å². The number of rotatable bonds is 5. The van der Waals surface area contributed by atoms with Crippen LogP contribution in [0.5, 0.6) is 5.75 Å². The van der Waals surface area contributed by atoms with E-state index in [2.05, 4.69) is 5.32 Å². The van der Waals surface area contributed by atoms with Gasteiger partial charge in [-0.3, -0.25) is 14.5 Å². The third kappa shape index (κ3) is 4.04. The van der Waals surface area contributed by atoms with Gasteiger partial charge in [0.1, 0.15) is 17.8 Å². The van der Waals surface area contributed by atoms with Crippen molar-refractivity contribution in [3.8, 4) is 5.75 Å². The molecule has 5 N–H and O–H groups in total. The predicted octanol–water partition coefficient (Wildman–Crippen LogP) is -6.53. The summed E-state index contributed by atoms with van der Waals surface area (Å²) in [7, 11) is -4.07. The number of phenols is 1. The Hall–Kier alpha value is -1.96. The monoisotopic (exact) mass is 433 g/mol. The van der Waals surface area contributed by atoms with Crippen molar-refractivity contribution in [2.75, 3.05) is 12.4 Å². The molecule has 3 rings (SSSR count). The average Bonchev–Trinajstić information content (AvgIpc) is 2.64. The molecule has 1 aromatic carbocycles. The molecule has 150 valence electrons. The van der Waals surface area contributed by atoms with Crippen LogP contribution in [-0.2, 0) is 24.2 Å². The number of amides is 2. The largest absolute Gasteiger partial charge is 1.00 e. The third-order valence-electron chi connectivity index (χ3n) is 4.58. The van der Waals surface area contributed by atoms with Gasteiger partial charge in [0.15, 0.2) is 15.2 Å². The molecule has 1 unspecified atom stereocenters. The number of nitrogens with one attached hydrogen (secondary N) is 1. The van der Waals surface area contributed by atoms with E-state index in [4.69, 9.17) is 5.73 Å². The first-order valence-corrected chi connectivity index (χ1v) is 9.73. The molecular weight excluding hydrogens is 417 g/mol. The van der Waals surface area contributed by atoms with Crippen molar-refractivity contribution >= 4 is 27.6 Å². The minimum absolute atomic E-state index is 0. The number of carboxylic acids is 1. The number of aliphatic carboxylic acids is 1. The Balaban J connectivity index is 0.00000300. The van der Waals surface area contributed by atoms with Crippen LogP contribution in [0, 0.1) is 0 Å². The Labute approximate surface area is 187 Å². The molecule has 13 heteroatoms. The summed E-state index contributed by atoms with van der Waals surface area (Å²) in [5.74, 6) is -4.45. The summed E-state index contributed by atoms with van der Waals surface area (Å²) in [6.07, 6.45) is 0. The van der Waals surface area contributed by atoms with Crippen molar-refractivity contribution in [3.05, 3.63) is 41.1 Å². The van der Waals surface area contributed by atoms with Crippen molar-refractivity contribution in [2.24, 2.45) is 5.73 Å². The van der Waals surface area contributed by atoms with E-state index in [1.165, 1.54) is 24.3 Å². The molecule has 2 heterocycles. The molecule has 3 atom stereocenters. The maximum absolute atomic E-state index is 12.4. The molecule has 0 aromatic heterocycles. The molecule has 1 saturated heterocycles. The number of hydrogen-bond acceptors (Lipinski definition) is 9. The molecule has 0 bridgehead atoms. The van der Waals surface area contributed by atoms with Crippen LogP contribution < -0.4 is 45.7 Å². The standard InChI is InChI=1S/C16H17N3O8S.Na/c17-10(7-1-3-9(21)4-2-7)13(22)18-11-14(23)19-12(16(24)25)8(5-20)6-28(26,27)15(11)19;/h1-4,10-11,15,20-21H,5-6,17H2,(H,18,22)(H,24,25);/q;+1/p-1/t10?,11-,15-;/m0./s1. The van der Waals surface area contributed by atoms with Crippen LogP contribution in [0.15, 0.2) is 35.5 Å². The average molecular weight is 433 g/mol. The Morgan fingerprint density at radius 2 is 1.90 bits per heavy atom. The Kier molecular flexibility index (Phi) is 6.77. The normalized spacial score (nSPS) is 23.4. The summed E-state index contributed by atoms with van der Waals surface area (Å²) in [4.78, 5) is 36.5. The topological polar surface area (TPSA) is 190 Å². The summed E-state index contributed by atoms with van der Waals surface area (Å²) in [5, 5.41) is 30.4. The smallest absolute Gasteiger partial charge is 0.543 e. The Bertz CT molecular complexity index is 992. The summed E-state index contributed by atoms with van der Waals surface area (Å²) < 4.78 is 24.9. The third-order valence-corrected chi connectivity index (χ3v) is 6.55. The summed E-state index contributed by atoms with van der Waals surface area (Å²) in [6.45, 7) is -0.873. The van der Waals surface area contributed by atoms with Gasteiger partial charge in [-0.05, 0) is 23.3 Å². The number of aliphatic hydroxyl groups excluding tert-OH is 1. The number of phenolic OH excluding ortho intramolecular Hbond substituents is 1. The van der Waals surface area contributed by atoms with Crippen molar-refractivity contribution in [3.63, 3.8) is 0 Å². The SMILES string of the molecule is NC(C(=O)N[C@H]1C(=O)N2C(C(=O)[O-])=C(CO)CS(=O)(=O)[C@@H]12)c1ccc(O)cc1.[Na+]. The van der Waals surface area contributed by atoms with E-state index in [9.17, 15) is 38.1 Å². The quantitative estimate of drug-likeness (QED) is 0.258. The number of fused-ring (bicyclic) bond motifs is 1. The van der Waals surface area contributed by atoms with Crippen LogP contribution in [0.3, 0.4) is 0 Å². The summed E-state index contributed by atoms with van der Waals surface area (Å²) in [6, 6.07) is 2.61. The molecule has 11 nitrogen and oxygen atoms in total. The van der Waals surface area contributed by atoms with Crippen molar-refractivity contribution < 1.29 is 67.7 Å². The van der Waals surface area contributed by atoms with Crippen LogP contribution in [0.1, 0.15) is 11.6 Å². The van der Waals surface area contributed by atoms with Crippen LogP contribution in [0.25, 0.3) is 0 Å². The zero-order valence-electron chi connectivity index (χ0n) is 15.2. The molecule has 29 heavy (non-hydrogen) atoms. The Morgan fingerprint density at radius 1 is 1.31 bits per heavy atom. The molecule has 1 aromatic rings. The fourth-order valence-corrected chi connectivity index (χ4v) is 5.22. The molecule has 2 aliphatic heterocycles. The molecule has 1 fully saturated rings. The number of nitrogens with zero attached hydrogens (tertiary/aromatic N) is 1. The van der Waals surface area contributed by atoms with Gasteiger partial charge in [0.2, 0.25) is 5.91 Å². The molecule has 0 radical (unpaired) electrons. The van der Waals surface area contributed by atoms with Gasteiger partial charge in [0, 0.05) is 0 Å². The number of nitrogens with two attached hydrogens (primary N) is 1. The second-order valence-corrected chi connectivity index (χ2v) is 8.46. The number of carboxylic acid groups (broad SMARTS) is 1. The zero-order valence-corrected chi connectivity index (χ0v) is 18.0. The number of aliphatic hydroxyl groups is 1. The fraction of sp³-hybridized carbons (Fsp3) is 0.312. The van der Waals surface area contributed by atoms with E-state index in [1.807, 2.05) is 0 Å². The number of β-lactam (4-membered cyclic amide) rings is 1. The predicted molar refractivity (Wildman–Crippen MR) is 90.5 cm³/mol. The first-order valence-electron chi connectivity index (χ1n) is 8.02. The summed E-state index contributed by atoms with van der Waals surface area (Å²) in [5.41, 5.74) is 5.04. The van der Waals surface area contributed by atoms with Crippen LogP contribution >= 0.6 is 0 Å². The van der Waals surface area contributed by atoms with Crippen LogP contribution in [-0.4, -0.2) is 65.1 Å². The van der Waals surface area contributed by atoms with Gasteiger partial charge < -0.3 is 31.2 Å². The molecule has 2 amide bonds. The number of benzene rings is 1. The number of hydrogen-bond donors (Lipinski definition) is 4. The molecule has 2 aliphatic rings. The van der Waals surface area contributed by atoms with Crippen molar-refractivity contribution in [1.82, 2.24) is 10.2 Å². The van der Waals surface area contributed by atoms with Crippen LogP contribution in [0.2, 0.25) is 0 Å². The first-order chi connectivity index (χ1) is 13.1. The van der Waals surface area contributed by atoms with Gasteiger partial charge >= 0.3 is 29.6 Å². The number of sulfone groups is 1. The van der Waals surface area contributed by atoms with Crippen molar-refractivity contribution in [2.45, 2.75) is 17.5 Å². The Morgan fingerprint density at radius 3 is 2.41 bits per heavy atom. The van der Waals surface area contributed by atoms with Gasteiger partial charge in [0.25, 0.3) is 5.91 Å². The van der Waals surface area contributed by atoms with Crippen LogP contribution in [0.4, 0.5) is 0 Å². The number of aromatic hydroxyl groups is 1. The van der Waals surface area contributed by atoms with E-state index >= 15 is 0 Å².